The van der Waals surface area contributed by atoms with Crippen LogP contribution in [-0.4, -0.2) is 34.0 Å². The first-order chi connectivity index (χ1) is 11.6. The number of benzene rings is 2. The van der Waals surface area contributed by atoms with Crippen LogP contribution in [0.2, 0.25) is 0 Å². The normalized spacial score (nSPS) is 10.6. The van der Waals surface area contributed by atoms with Crippen LogP contribution in [0.3, 0.4) is 0 Å². The van der Waals surface area contributed by atoms with Crippen molar-refractivity contribution in [3.8, 4) is 0 Å². The second kappa shape index (κ2) is 6.49. The van der Waals surface area contributed by atoms with Gasteiger partial charge in [-0.2, -0.15) is 0 Å². The second-order valence-corrected chi connectivity index (χ2v) is 5.31. The summed E-state index contributed by atoms with van der Waals surface area (Å²) in [6.45, 7) is 1.88. The molecule has 0 spiro atoms. The van der Waals surface area contributed by atoms with E-state index in [1.165, 1.54) is 11.8 Å². The molecule has 0 bridgehead atoms. The molecule has 0 atom stereocenters. The highest BCUT2D eigenvalue weighted by atomic mass is 16.5. The third kappa shape index (κ3) is 3.10. The number of rotatable bonds is 4. The number of hydrogen-bond donors (Lipinski definition) is 1. The number of hydrogen-bond acceptors (Lipinski definition) is 5. The van der Waals surface area contributed by atoms with E-state index in [1.54, 1.807) is 18.2 Å². The smallest absolute Gasteiger partial charge is 0.337 e. The first kappa shape index (κ1) is 15.7. The molecule has 0 aliphatic rings. The number of carbonyl (C=O) groups excluding carboxylic acids is 2. The minimum absolute atomic E-state index is 0.0302. The van der Waals surface area contributed by atoms with E-state index >= 15 is 0 Å². The van der Waals surface area contributed by atoms with E-state index in [0.29, 0.717) is 11.3 Å². The van der Waals surface area contributed by atoms with Crippen molar-refractivity contribution in [2.24, 2.45) is 0 Å². The third-order valence-corrected chi connectivity index (χ3v) is 3.65. The Kier molecular flexibility index (Phi) is 4.24. The maximum Gasteiger partial charge on any atom is 0.337 e. The van der Waals surface area contributed by atoms with E-state index in [-0.39, 0.29) is 12.5 Å². The van der Waals surface area contributed by atoms with Crippen molar-refractivity contribution in [3.05, 3.63) is 53.6 Å². The number of fused-ring (bicyclic) bond motifs is 1. The highest BCUT2D eigenvalue weighted by Gasteiger charge is 2.12. The van der Waals surface area contributed by atoms with Crippen LogP contribution >= 0.6 is 0 Å². The van der Waals surface area contributed by atoms with E-state index in [0.717, 1.165) is 16.6 Å². The Hall–Kier alpha value is -3.22. The van der Waals surface area contributed by atoms with Gasteiger partial charge in [-0.05, 0) is 36.8 Å². The fraction of sp³-hybridized carbons (Fsp3) is 0.176. The highest BCUT2D eigenvalue weighted by Crippen LogP contribution is 2.18. The number of ether oxygens (including phenoxy) is 1. The van der Waals surface area contributed by atoms with E-state index < -0.39 is 5.97 Å². The van der Waals surface area contributed by atoms with Crippen molar-refractivity contribution in [2.45, 2.75) is 13.5 Å². The maximum atomic E-state index is 12.3. The van der Waals surface area contributed by atoms with Crippen LogP contribution in [0, 0.1) is 6.92 Å². The van der Waals surface area contributed by atoms with Gasteiger partial charge in [0.05, 0.1) is 18.2 Å². The number of anilines is 1. The van der Waals surface area contributed by atoms with Crippen LogP contribution in [-0.2, 0) is 16.1 Å². The quantitative estimate of drug-likeness (QED) is 0.743. The molecule has 122 valence electrons. The molecule has 3 rings (SSSR count). The summed E-state index contributed by atoms with van der Waals surface area (Å²) >= 11 is 0. The molecule has 1 N–H and O–H groups in total. The molecule has 24 heavy (non-hydrogen) atoms. The van der Waals surface area contributed by atoms with Gasteiger partial charge in [-0.25, -0.2) is 9.48 Å². The molecular formula is C17H16N4O3. The van der Waals surface area contributed by atoms with E-state index in [9.17, 15) is 9.59 Å². The minimum Gasteiger partial charge on any atom is -0.465 e. The number of para-hydroxylation sites is 1. The summed E-state index contributed by atoms with van der Waals surface area (Å²) in [5.74, 6) is -0.705. The lowest BCUT2D eigenvalue weighted by atomic mass is 10.1. The average molecular weight is 324 g/mol. The molecule has 1 amide bonds. The summed E-state index contributed by atoms with van der Waals surface area (Å²) in [4.78, 5) is 23.9. The van der Waals surface area contributed by atoms with E-state index in [4.69, 9.17) is 4.74 Å². The van der Waals surface area contributed by atoms with Crippen LogP contribution in [0.1, 0.15) is 15.9 Å². The zero-order valence-electron chi connectivity index (χ0n) is 13.3. The van der Waals surface area contributed by atoms with Gasteiger partial charge in [-0.3, -0.25) is 4.79 Å². The van der Waals surface area contributed by atoms with Crippen molar-refractivity contribution < 1.29 is 14.3 Å². The Bertz CT molecular complexity index is 917. The van der Waals surface area contributed by atoms with Gasteiger partial charge in [-0.1, -0.05) is 23.4 Å². The molecule has 0 saturated heterocycles. The summed E-state index contributed by atoms with van der Waals surface area (Å²) in [5.41, 5.74) is 3.30. The average Bonchev–Trinajstić information content (AvgIpc) is 2.99. The number of aromatic nitrogens is 3. The topological polar surface area (TPSA) is 86.1 Å². The molecule has 0 unspecified atom stereocenters. The molecule has 0 aliphatic heterocycles. The summed E-state index contributed by atoms with van der Waals surface area (Å²) in [6, 6.07) is 12.4. The monoisotopic (exact) mass is 324 g/mol. The number of amides is 1. The summed E-state index contributed by atoms with van der Waals surface area (Å²) in [6.07, 6.45) is 0. The molecule has 7 nitrogen and oxygen atoms in total. The molecule has 7 heteroatoms. The molecule has 1 aromatic heterocycles. The molecule has 0 saturated carbocycles. The van der Waals surface area contributed by atoms with Crippen molar-refractivity contribution in [1.82, 2.24) is 15.0 Å². The fourth-order valence-corrected chi connectivity index (χ4v) is 2.36. The Labute approximate surface area is 138 Å². The van der Waals surface area contributed by atoms with Crippen LogP contribution in [0.5, 0.6) is 0 Å². The third-order valence-electron chi connectivity index (χ3n) is 3.65. The lowest BCUT2D eigenvalue weighted by Gasteiger charge is -2.10. The predicted octanol–water partition coefficient (Wildman–Crippen LogP) is 2.17. The highest BCUT2D eigenvalue weighted by molar-refractivity contribution is 5.95. The van der Waals surface area contributed by atoms with Gasteiger partial charge < -0.3 is 10.1 Å². The Morgan fingerprint density at radius 3 is 2.79 bits per heavy atom. The number of nitrogens with zero attached hydrogens (tertiary/aromatic N) is 3. The van der Waals surface area contributed by atoms with E-state index in [2.05, 4.69) is 15.6 Å². The van der Waals surface area contributed by atoms with Crippen molar-refractivity contribution in [2.75, 3.05) is 12.4 Å². The lowest BCUT2D eigenvalue weighted by molar-refractivity contribution is -0.116. The summed E-state index contributed by atoms with van der Waals surface area (Å²) < 4.78 is 6.23. The van der Waals surface area contributed by atoms with Crippen molar-refractivity contribution in [3.63, 3.8) is 0 Å². The van der Waals surface area contributed by atoms with E-state index in [1.807, 2.05) is 31.2 Å². The van der Waals surface area contributed by atoms with Gasteiger partial charge in [0.2, 0.25) is 5.91 Å². The summed E-state index contributed by atoms with van der Waals surface area (Å²) in [5, 5.41) is 10.8. The molecule has 0 fully saturated rings. The van der Waals surface area contributed by atoms with Crippen LogP contribution < -0.4 is 5.32 Å². The fourth-order valence-electron chi connectivity index (χ4n) is 2.36. The zero-order valence-corrected chi connectivity index (χ0v) is 13.3. The molecule has 2 aromatic carbocycles. The lowest BCUT2D eigenvalue weighted by Crippen LogP contribution is -2.20. The summed E-state index contributed by atoms with van der Waals surface area (Å²) in [7, 11) is 1.32. The van der Waals surface area contributed by atoms with Gasteiger partial charge in [0, 0.05) is 5.69 Å². The largest absolute Gasteiger partial charge is 0.465 e. The number of aryl methyl sites for hydroxylation is 1. The van der Waals surface area contributed by atoms with Gasteiger partial charge in [0.1, 0.15) is 12.1 Å². The molecular weight excluding hydrogens is 308 g/mol. The zero-order chi connectivity index (χ0) is 17.1. The Morgan fingerprint density at radius 1 is 1.21 bits per heavy atom. The SMILES string of the molecule is COC(=O)c1ccc(C)c(NC(=O)Cn2nnc3ccccc32)c1. The first-order valence-electron chi connectivity index (χ1n) is 7.35. The second-order valence-electron chi connectivity index (χ2n) is 5.31. The standard InChI is InChI=1S/C17H16N4O3/c1-11-7-8-12(17(23)24-2)9-14(11)18-16(22)10-21-15-6-4-3-5-13(15)19-20-21/h3-9H,10H2,1-2H3,(H,18,22). The minimum atomic E-state index is -0.451. The first-order valence-corrected chi connectivity index (χ1v) is 7.35. The number of carbonyl (C=O) groups is 2. The Balaban J connectivity index is 1.78. The van der Waals surface area contributed by atoms with Crippen LogP contribution in [0.4, 0.5) is 5.69 Å². The van der Waals surface area contributed by atoms with Crippen LogP contribution in [0.15, 0.2) is 42.5 Å². The molecule has 0 aliphatic carbocycles. The number of esters is 1. The van der Waals surface area contributed by atoms with Gasteiger partial charge >= 0.3 is 5.97 Å². The van der Waals surface area contributed by atoms with Crippen molar-refractivity contribution in [1.29, 1.82) is 0 Å². The van der Waals surface area contributed by atoms with Gasteiger partial charge in [0.15, 0.2) is 0 Å². The van der Waals surface area contributed by atoms with Crippen LogP contribution in [0.25, 0.3) is 11.0 Å². The number of methoxy groups -OCH3 is 1. The van der Waals surface area contributed by atoms with Crippen molar-refractivity contribution >= 4 is 28.6 Å². The Morgan fingerprint density at radius 2 is 2.00 bits per heavy atom. The maximum absolute atomic E-state index is 12.3. The molecule has 1 heterocycles. The van der Waals surface area contributed by atoms with Gasteiger partial charge in [0.25, 0.3) is 0 Å². The molecule has 0 radical (unpaired) electrons. The van der Waals surface area contributed by atoms with Gasteiger partial charge in [-0.15, -0.1) is 5.10 Å². The number of nitrogens with one attached hydrogen (secondary N) is 1. The molecule has 3 aromatic rings. The predicted molar refractivity (Wildman–Crippen MR) is 88.7 cm³/mol.